The summed E-state index contributed by atoms with van der Waals surface area (Å²) in [5.41, 5.74) is 2.95. The third-order valence-electron chi connectivity index (χ3n) is 3.00. The van der Waals surface area contributed by atoms with Gasteiger partial charge in [0, 0.05) is 32.7 Å². The molecule has 1 aromatic carbocycles. The van der Waals surface area contributed by atoms with E-state index in [0.29, 0.717) is 13.1 Å². The second-order valence-corrected chi connectivity index (χ2v) is 4.17. The van der Waals surface area contributed by atoms with Gasteiger partial charge in [0.25, 0.3) is 0 Å². The van der Waals surface area contributed by atoms with Gasteiger partial charge in [-0.3, -0.25) is 10.1 Å². The number of urea groups is 1. The van der Waals surface area contributed by atoms with Gasteiger partial charge < -0.3 is 4.90 Å². The number of carbonyl (C=O) groups is 1. The lowest BCUT2D eigenvalue weighted by atomic mass is 10.2. The summed E-state index contributed by atoms with van der Waals surface area (Å²) < 4.78 is 0. The zero-order valence-electron chi connectivity index (χ0n) is 9.67. The molecule has 17 heavy (non-hydrogen) atoms. The van der Waals surface area contributed by atoms with E-state index in [4.69, 9.17) is 5.21 Å². The molecule has 0 spiro atoms. The molecular formula is C12H17N3O2. The molecule has 0 bridgehead atoms. The summed E-state index contributed by atoms with van der Waals surface area (Å²) in [6, 6.07) is 9.87. The fraction of sp³-hybridized carbons (Fsp3) is 0.417. The summed E-state index contributed by atoms with van der Waals surface area (Å²) in [6.07, 6.45) is 0. The zero-order valence-corrected chi connectivity index (χ0v) is 9.67. The first-order valence-corrected chi connectivity index (χ1v) is 5.75. The smallest absolute Gasteiger partial charge is 0.320 e. The van der Waals surface area contributed by atoms with Crippen molar-refractivity contribution in [3.8, 4) is 0 Å². The van der Waals surface area contributed by atoms with Gasteiger partial charge in [0.2, 0.25) is 0 Å². The number of amides is 2. The van der Waals surface area contributed by atoms with Gasteiger partial charge in [-0.1, -0.05) is 30.3 Å². The Balaban J connectivity index is 1.82. The molecule has 1 fully saturated rings. The van der Waals surface area contributed by atoms with Gasteiger partial charge in [0.15, 0.2) is 0 Å². The van der Waals surface area contributed by atoms with Crippen molar-refractivity contribution >= 4 is 6.03 Å². The van der Waals surface area contributed by atoms with Crippen molar-refractivity contribution in [2.45, 2.75) is 6.54 Å². The Labute approximate surface area is 101 Å². The van der Waals surface area contributed by atoms with Crippen LogP contribution in [0.4, 0.5) is 4.79 Å². The number of benzene rings is 1. The zero-order chi connectivity index (χ0) is 12.1. The highest BCUT2D eigenvalue weighted by Crippen LogP contribution is 2.08. The molecule has 0 atom stereocenters. The predicted molar refractivity (Wildman–Crippen MR) is 63.6 cm³/mol. The van der Waals surface area contributed by atoms with Crippen LogP contribution in [0.2, 0.25) is 0 Å². The average Bonchev–Trinajstić information content (AvgIpc) is 2.40. The molecule has 0 unspecified atom stereocenters. The van der Waals surface area contributed by atoms with E-state index in [-0.39, 0.29) is 0 Å². The third-order valence-corrected chi connectivity index (χ3v) is 3.00. The minimum absolute atomic E-state index is 0.413. The van der Waals surface area contributed by atoms with Crippen LogP contribution in [0.1, 0.15) is 5.56 Å². The Morgan fingerprint density at radius 2 is 1.82 bits per heavy atom. The lowest BCUT2D eigenvalue weighted by Crippen LogP contribution is -2.50. The molecule has 2 amide bonds. The van der Waals surface area contributed by atoms with Gasteiger partial charge >= 0.3 is 6.03 Å². The highest BCUT2D eigenvalue weighted by Gasteiger charge is 2.20. The molecule has 2 rings (SSSR count). The molecule has 92 valence electrons. The van der Waals surface area contributed by atoms with Crippen LogP contribution in [0.5, 0.6) is 0 Å². The fourth-order valence-electron chi connectivity index (χ4n) is 2.02. The van der Waals surface area contributed by atoms with Crippen molar-refractivity contribution in [2.24, 2.45) is 0 Å². The Bertz CT molecular complexity index is 361. The molecule has 2 N–H and O–H groups in total. The number of piperazine rings is 1. The molecule has 0 aliphatic carbocycles. The van der Waals surface area contributed by atoms with E-state index in [1.54, 1.807) is 10.4 Å². The monoisotopic (exact) mass is 235 g/mol. The van der Waals surface area contributed by atoms with E-state index in [9.17, 15) is 4.79 Å². The SMILES string of the molecule is O=C(NO)N1CCN(Cc2ccccc2)CC1. The first kappa shape index (κ1) is 11.9. The average molecular weight is 235 g/mol. The van der Waals surface area contributed by atoms with Crippen LogP contribution >= 0.6 is 0 Å². The Morgan fingerprint density at radius 3 is 2.41 bits per heavy atom. The predicted octanol–water partition coefficient (Wildman–Crippen LogP) is 0.903. The van der Waals surface area contributed by atoms with E-state index in [0.717, 1.165) is 19.6 Å². The van der Waals surface area contributed by atoms with E-state index in [1.807, 2.05) is 18.2 Å². The van der Waals surface area contributed by atoms with Crippen LogP contribution in [-0.2, 0) is 6.54 Å². The lowest BCUT2D eigenvalue weighted by molar-refractivity contribution is 0.0991. The van der Waals surface area contributed by atoms with Crippen LogP contribution < -0.4 is 5.48 Å². The molecular weight excluding hydrogens is 218 g/mol. The molecule has 1 heterocycles. The first-order chi connectivity index (χ1) is 8.29. The van der Waals surface area contributed by atoms with Gasteiger partial charge in [0.1, 0.15) is 0 Å². The Morgan fingerprint density at radius 1 is 1.18 bits per heavy atom. The topological polar surface area (TPSA) is 55.8 Å². The molecule has 5 heteroatoms. The molecule has 0 saturated carbocycles. The van der Waals surface area contributed by atoms with Gasteiger partial charge in [-0.2, -0.15) is 0 Å². The normalized spacial score (nSPS) is 16.9. The maximum Gasteiger partial charge on any atom is 0.341 e. The van der Waals surface area contributed by atoms with Crippen molar-refractivity contribution in [3.63, 3.8) is 0 Å². The van der Waals surface area contributed by atoms with E-state index >= 15 is 0 Å². The number of hydrogen-bond acceptors (Lipinski definition) is 3. The molecule has 1 saturated heterocycles. The number of nitrogens with zero attached hydrogens (tertiary/aromatic N) is 2. The number of nitrogens with one attached hydrogen (secondary N) is 1. The van der Waals surface area contributed by atoms with Gasteiger partial charge in [-0.05, 0) is 5.56 Å². The van der Waals surface area contributed by atoms with Crippen LogP contribution in [0.25, 0.3) is 0 Å². The Kier molecular flexibility index (Phi) is 3.95. The largest absolute Gasteiger partial charge is 0.341 e. The Hall–Kier alpha value is -1.59. The van der Waals surface area contributed by atoms with Crippen LogP contribution in [-0.4, -0.2) is 47.2 Å². The molecule has 5 nitrogen and oxygen atoms in total. The van der Waals surface area contributed by atoms with Crippen molar-refractivity contribution in [3.05, 3.63) is 35.9 Å². The summed E-state index contributed by atoms with van der Waals surface area (Å²) in [5, 5.41) is 8.53. The van der Waals surface area contributed by atoms with Gasteiger partial charge in [0.05, 0.1) is 0 Å². The van der Waals surface area contributed by atoms with Gasteiger partial charge in [-0.15, -0.1) is 0 Å². The minimum atomic E-state index is -0.413. The maximum absolute atomic E-state index is 11.2. The number of rotatable bonds is 2. The summed E-state index contributed by atoms with van der Waals surface area (Å²) in [6.45, 7) is 3.89. The molecule has 1 aromatic rings. The van der Waals surface area contributed by atoms with Crippen molar-refractivity contribution in [1.82, 2.24) is 15.3 Å². The minimum Gasteiger partial charge on any atom is -0.320 e. The van der Waals surface area contributed by atoms with E-state index < -0.39 is 6.03 Å². The van der Waals surface area contributed by atoms with Crippen LogP contribution in [0.3, 0.4) is 0 Å². The number of carbonyl (C=O) groups excluding carboxylic acids is 1. The van der Waals surface area contributed by atoms with Gasteiger partial charge in [-0.25, -0.2) is 10.3 Å². The maximum atomic E-state index is 11.2. The highest BCUT2D eigenvalue weighted by molar-refractivity contribution is 5.72. The van der Waals surface area contributed by atoms with Crippen molar-refractivity contribution < 1.29 is 10.0 Å². The first-order valence-electron chi connectivity index (χ1n) is 5.75. The lowest BCUT2D eigenvalue weighted by Gasteiger charge is -2.34. The second-order valence-electron chi connectivity index (χ2n) is 4.17. The van der Waals surface area contributed by atoms with E-state index in [1.165, 1.54) is 5.56 Å². The highest BCUT2D eigenvalue weighted by atomic mass is 16.5. The molecule has 0 radical (unpaired) electrons. The van der Waals surface area contributed by atoms with Crippen molar-refractivity contribution in [2.75, 3.05) is 26.2 Å². The standard InChI is InChI=1S/C12H17N3O2/c16-12(13-17)15-8-6-14(7-9-15)10-11-4-2-1-3-5-11/h1-5,17H,6-10H2,(H,13,16). The second kappa shape index (κ2) is 5.65. The quantitative estimate of drug-likeness (QED) is 0.591. The summed E-state index contributed by atoms with van der Waals surface area (Å²) in [5.74, 6) is 0. The molecule has 1 aliphatic heterocycles. The summed E-state index contributed by atoms with van der Waals surface area (Å²) >= 11 is 0. The van der Waals surface area contributed by atoms with Crippen molar-refractivity contribution in [1.29, 1.82) is 0 Å². The van der Waals surface area contributed by atoms with Crippen LogP contribution in [0.15, 0.2) is 30.3 Å². The van der Waals surface area contributed by atoms with E-state index in [2.05, 4.69) is 17.0 Å². The van der Waals surface area contributed by atoms with Crippen LogP contribution in [0, 0.1) is 0 Å². The number of hydroxylamine groups is 1. The fourth-order valence-corrected chi connectivity index (χ4v) is 2.02. The summed E-state index contributed by atoms with van der Waals surface area (Å²) in [4.78, 5) is 15.1. The summed E-state index contributed by atoms with van der Waals surface area (Å²) in [7, 11) is 0. The third kappa shape index (κ3) is 3.18. The molecule has 0 aromatic heterocycles. The number of hydrogen-bond donors (Lipinski definition) is 2. The molecule has 1 aliphatic rings.